The summed E-state index contributed by atoms with van der Waals surface area (Å²) in [5.74, 6) is 0.890. The number of thiophene rings is 1. The van der Waals surface area contributed by atoms with E-state index in [0.717, 1.165) is 11.3 Å². The van der Waals surface area contributed by atoms with Gasteiger partial charge in [-0.1, -0.05) is 42.5 Å². The third-order valence-electron chi connectivity index (χ3n) is 3.67. The second-order valence-corrected chi connectivity index (χ2v) is 7.31. The van der Waals surface area contributed by atoms with E-state index >= 15 is 0 Å². The Kier molecular flexibility index (Phi) is 6.10. The highest BCUT2D eigenvalue weighted by atomic mass is 32.2. The smallest absolute Gasteiger partial charge is 0.221 e. The zero-order valence-corrected chi connectivity index (χ0v) is 14.9. The first kappa shape index (κ1) is 16.8. The van der Waals surface area contributed by atoms with Gasteiger partial charge in [0.1, 0.15) is 0 Å². The van der Waals surface area contributed by atoms with Gasteiger partial charge in [-0.3, -0.25) is 4.79 Å². The van der Waals surface area contributed by atoms with E-state index in [9.17, 15) is 4.79 Å². The van der Waals surface area contributed by atoms with Crippen molar-refractivity contribution in [3.8, 4) is 11.1 Å². The van der Waals surface area contributed by atoms with Crippen molar-refractivity contribution in [3.63, 3.8) is 0 Å². The molecule has 3 aromatic rings. The Hall–Kier alpha value is -2.04. The van der Waals surface area contributed by atoms with E-state index < -0.39 is 0 Å². The van der Waals surface area contributed by atoms with Crippen LogP contribution in [0.3, 0.4) is 0 Å². The monoisotopic (exact) mass is 353 g/mol. The highest BCUT2D eigenvalue weighted by Crippen LogP contribution is 2.25. The van der Waals surface area contributed by atoms with Crippen LogP contribution in [-0.4, -0.2) is 11.7 Å². The first-order chi connectivity index (χ1) is 11.8. The molecule has 1 N–H and O–H groups in total. The Bertz CT molecular complexity index is 769. The molecule has 24 heavy (non-hydrogen) atoms. The van der Waals surface area contributed by atoms with Crippen molar-refractivity contribution in [3.05, 3.63) is 77.0 Å². The van der Waals surface area contributed by atoms with Crippen molar-refractivity contribution in [1.29, 1.82) is 0 Å². The Balaban J connectivity index is 1.50. The van der Waals surface area contributed by atoms with E-state index in [1.165, 1.54) is 16.0 Å². The van der Waals surface area contributed by atoms with Crippen LogP contribution in [0.15, 0.2) is 76.3 Å². The predicted molar refractivity (Wildman–Crippen MR) is 103 cm³/mol. The fourth-order valence-electron chi connectivity index (χ4n) is 2.43. The van der Waals surface area contributed by atoms with Gasteiger partial charge in [-0.15, -0.1) is 11.8 Å². The van der Waals surface area contributed by atoms with Crippen molar-refractivity contribution >= 4 is 29.0 Å². The summed E-state index contributed by atoms with van der Waals surface area (Å²) in [6.07, 6.45) is 0.528. The van der Waals surface area contributed by atoms with Crippen LogP contribution in [0.5, 0.6) is 0 Å². The lowest BCUT2D eigenvalue weighted by atomic mass is 10.0. The highest BCUT2D eigenvalue weighted by molar-refractivity contribution is 7.99. The fraction of sp³-hybridized carbons (Fsp3) is 0.150. The van der Waals surface area contributed by atoms with Crippen LogP contribution in [0.1, 0.15) is 12.0 Å². The topological polar surface area (TPSA) is 29.1 Å². The second kappa shape index (κ2) is 8.71. The maximum absolute atomic E-state index is 12.1. The van der Waals surface area contributed by atoms with Crippen LogP contribution in [0.4, 0.5) is 0 Å². The summed E-state index contributed by atoms with van der Waals surface area (Å²) in [6, 6.07) is 20.5. The van der Waals surface area contributed by atoms with Crippen molar-refractivity contribution < 1.29 is 4.79 Å². The van der Waals surface area contributed by atoms with Gasteiger partial charge in [-0.05, 0) is 45.6 Å². The third-order valence-corrected chi connectivity index (χ3v) is 5.36. The maximum Gasteiger partial charge on any atom is 0.221 e. The van der Waals surface area contributed by atoms with Crippen molar-refractivity contribution in [2.24, 2.45) is 0 Å². The molecule has 0 saturated heterocycles. The van der Waals surface area contributed by atoms with Crippen molar-refractivity contribution in [2.45, 2.75) is 17.9 Å². The summed E-state index contributed by atoms with van der Waals surface area (Å²) in [5, 5.41) is 7.25. The zero-order valence-electron chi connectivity index (χ0n) is 13.3. The lowest BCUT2D eigenvalue weighted by Crippen LogP contribution is -2.23. The number of hydrogen-bond donors (Lipinski definition) is 1. The first-order valence-electron chi connectivity index (χ1n) is 7.88. The molecule has 3 rings (SSSR count). The molecule has 0 bridgehead atoms. The summed E-state index contributed by atoms with van der Waals surface area (Å²) in [6.45, 7) is 0.570. The van der Waals surface area contributed by atoms with Crippen LogP contribution in [0.2, 0.25) is 0 Å². The molecule has 0 fully saturated rings. The number of amides is 1. The number of thioether (sulfide) groups is 1. The molecule has 0 saturated carbocycles. The van der Waals surface area contributed by atoms with Gasteiger partial charge in [0, 0.05) is 23.6 Å². The second-order valence-electron chi connectivity index (χ2n) is 5.36. The molecular formula is C20H19NOS2. The Morgan fingerprint density at radius 1 is 1.00 bits per heavy atom. The largest absolute Gasteiger partial charge is 0.352 e. The van der Waals surface area contributed by atoms with E-state index in [1.807, 2.05) is 30.3 Å². The summed E-state index contributed by atoms with van der Waals surface area (Å²) in [7, 11) is 0. The average molecular weight is 354 g/mol. The predicted octanol–water partition coefficient (Wildman–Crippen LogP) is 5.21. The maximum atomic E-state index is 12.1. The number of carbonyl (C=O) groups is 1. The molecule has 122 valence electrons. The molecule has 0 atom stereocenters. The number of hydrogen-bond acceptors (Lipinski definition) is 3. The van der Waals surface area contributed by atoms with Gasteiger partial charge in [-0.2, -0.15) is 11.3 Å². The summed E-state index contributed by atoms with van der Waals surface area (Å²) < 4.78 is 0. The molecule has 0 aliphatic rings. The van der Waals surface area contributed by atoms with Gasteiger partial charge in [-0.25, -0.2) is 0 Å². The van der Waals surface area contributed by atoms with E-state index in [-0.39, 0.29) is 5.91 Å². The lowest BCUT2D eigenvalue weighted by molar-refractivity contribution is -0.120. The SMILES string of the molecule is O=C(CCSc1ccccc1)NCc1ccccc1-c1ccsc1. The van der Waals surface area contributed by atoms with Gasteiger partial charge in [0.2, 0.25) is 5.91 Å². The molecule has 0 unspecified atom stereocenters. The van der Waals surface area contributed by atoms with Crippen LogP contribution >= 0.6 is 23.1 Å². The molecule has 0 radical (unpaired) electrons. The van der Waals surface area contributed by atoms with Crippen LogP contribution < -0.4 is 5.32 Å². The first-order valence-corrected chi connectivity index (χ1v) is 9.81. The van der Waals surface area contributed by atoms with Crippen molar-refractivity contribution in [2.75, 3.05) is 5.75 Å². The minimum absolute atomic E-state index is 0.0959. The Morgan fingerprint density at radius 3 is 2.58 bits per heavy atom. The molecule has 1 aromatic heterocycles. The summed E-state index contributed by atoms with van der Waals surface area (Å²) in [4.78, 5) is 13.3. The van der Waals surface area contributed by atoms with Gasteiger partial charge in [0.25, 0.3) is 0 Å². The fourth-order valence-corrected chi connectivity index (χ4v) is 3.96. The number of nitrogens with one attached hydrogen (secondary N) is 1. The summed E-state index contributed by atoms with van der Waals surface area (Å²) >= 11 is 3.40. The molecule has 0 aliphatic heterocycles. The van der Waals surface area contributed by atoms with Gasteiger partial charge >= 0.3 is 0 Å². The minimum Gasteiger partial charge on any atom is -0.352 e. The molecule has 4 heteroatoms. The Morgan fingerprint density at radius 2 is 1.79 bits per heavy atom. The number of rotatable bonds is 7. The van der Waals surface area contributed by atoms with Gasteiger partial charge in [0.15, 0.2) is 0 Å². The molecule has 1 heterocycles. The molecule has 0 aliphatic carbocycles. The molecule has 2 nitrogen and oxygen atoms in total. The molecular weight excluding hydrogens is 334 g/mol. The average Bonchev–Trinajstić information content (AvgIpc) is 3.16. The minimum atomic E-state index is 0.0959. The molecule has 2 aromatic carbocycles. The molecule has 1 amide bonds. The zero-order chi connectivity index (χ0) is 16.6. The standard InChI is InChI=1S/C20H19NOS2/c22-20(11-13-24-18-7-2-1-3-8-18)21-14-16-6-4-5-9-19(16)17-10-12-23-15-17/h1-10,12,15H,11,13-14H2,(H,21,22). The highest BCUT2D eigenvalue weighted by Gasteiger charge is 2.07. The van der Waals surface area contributed by atoms with E-state index in [1.54, 1.807) is 23.1 Å². The quantitative estimate of drug-likeness (QED) is 0.591. The normalized spacial score (nSPS) is 10.5. The van der Waals surface area contributed by atoms with Crippen LogP contribution in [0, 0.1) is 0 Å². The number of carbonyl (C=O) groups excluding carboxylic acids is 1. The Labute approximate surface area is 150 Å². The molecule has 0 spiro atoms. The van der Waals surface area contributed by atoms with Gasteiger partial charge < -0.3 is 5.32 Å². The van der Waals surface area contributed by atoms with Crippen molar-refractivity contribution in [1.82, 2.24) is 5.32 Å². The van der Waals surface area contributed by atoms with E-state index in [0.29, 0.717) is 13.0 Å². The number of benzene rings is 2. The third kappa shape index (κ3) is 4.73. The summed E-state index contributed by atoms with van der Waals surface area (Å²) in [5.41, 5.74) is 3.56. The van der Waals surface area contributed by atoms with E-state index in [4.69, 9.17) is 0 Å². The van der Waals surface area contributed by atoms with Gasteiger partial charge in [0.05, 0.1) is 0 Å². The van der Waals surface area contributed by atoms with Crippen LogP contribution in [-0.2, 0) is 11.3 Å². The van der Waals surface area contributed by atoms with E-state index in [2.05, 4.69) is 46.4 Å². The van der Waals surface area contributed by atoms with Crippen LogP contribution in [0.25, 0.3) is 11.1 Å². The lowest BCUT2D eigenvalue weighted by Gasteiger charge is -2.10.